The maximum Gasteiger partial charge on any atom is 0.0462 e. The number of aliphatic hydroxyl groups excluding tert-OH is 1. The van der Waals surface area contributed by atoms with Gasteiger partial charge in [0.05, 0.1) is 0 Å². The maximum atomic E-state index is 8.60. The second kappa shape index (κ2) is 5.59. The average Bonchev–Trinajstić information content (AvgIpc) is 1.97. The summed E-state index contributed by atoms with van der Waals surface area (Å²) in [6.45, 7) is 6.95. The summed E-state index contributed by atoms with van der Waals surface area (Å²) in [7, 11) is 0. The van der Waals surface area contributed by atoms with Crippen molar-refractivity contribution >= 4 is 0 Å². The third-order valence-corrected chi connectivity index (χ3v) is 2.03. The molecule has 0 heterocycles. The largest absolute Gasteiger partial charge is 0.396 e. The molecule has 0 aromatic heterocycles. The Bertz CT molecular complexity index is 76.9. The highest BCUT2D eigenvalue weighted by Gasteiger charge is 2.15. The van der Waals surface area contributed by atoms with Crippen molar-refractivity contribution < 1.29 is 5.11 Å². The molecule has 0 fully saturated rings. The van der Waals surface area contributed by atoms with E-state index in [0.29, 0.717) is 5.41 Å². The van der Waals surface area contributed by atoms with Crippen LogP contribution in [0, 0.1) is 11.8 Å². The zero-order chi connectivity index (χ0) is 8.74. The van der Waals surface area contributed by atoms with Crippen LogP contribution in [0.3, 0.4) is 0 Å². The summed E-state index contributed by atoms with van der Waals surface area (Å²) in [5.74, 6) is 0. The Morgan fingerprint density at radius 1 is 1.36 bits per heavy atom. The van der Waals surface area contributed by atoms with Gasteiger partial charge >= 0.3 is 0 Å². The Morgan fingerprint density at radius 2 is 2.00 bits per heavy atom. The van der Waals surface area contributed by atoms with Crippen LogP contribution in [0.4, 0.5) is 0 Å². The summed E-state index contributed by atoms with van der Waals surface area (Å²) in [5.41, 5.74) is 0.388. The molecule has 1 radical (unpaired) electrons. The zero-order valence-corrected chi connectivity index (χ0v) is 8.06. The van der Waals surface area contributed by atoms with Crippen molar-refractivity contribution in [1.29, 1.82) is 0 Å². The lowest BCUT2D eigenvalue weighted by Gasteiger charge is -2.23. The quantitative estimate of drug-likeness (QED) is 0.628. The number of rotatable bonds is 6. The summed E-state index contributed by atoms with van der Waals surface area (Å²) >= 11 is 0. The van der Waals surface area contributed by atoms with Crippen LogP contribution in [0.25, 0.3) is 0 Å². The van der Waals surface area contributed by atoms with Gasteiger partial charge in [0, 0.05) is 6.61 Å². The van der Waals surface area contributed by atoms with Gasteiger partial charge in [0.1, 0.15) is 0 Å². The molecular weight excluding hydrogens is 136 g/mol. The second-order valence-electron chi connectivity index (χ2n) is 3.94. The highest BCUT2D eigenvalue weighted by molar-refractivity contribution is 4.76. The second-order valence-corrected chi connectivity index (χ2v) is 3.94. The van der Waals surface area contributed by atoms with Crippen LogP contribution < -0.4 is 0 Å². The smallest absolute Gasteiger partial charge is 0.0462 e. The molecule has 0 saturated heterocycles. The maximum absolute atomic E-state index is 8.60. The van der Waals surface area contributed by atoms with Crippen molar-refractivity contribution in [2.45, 2.75) is 46.5 Å². The minimum Gasteiger partial charge on any atom is -0.396 e. The molecule has 1 heteroatoms. The van der Waals surface area contributed by atoms with Crippen molar-refractivity contribution in [3.05, 3.63) is 6.42 Å². The van der Waals surface area contributed by atoms with Crippen molar-refractivity contribution in [2.75, 3.05) is 6.61 Å². The fourth-order valence-electron chi connectivity index (χ4n) is 1.21. The van der Waals surface area contributed by atoms with Crippen LogP contribution in [-0.4, -0.2) is 11.7 Å². The van der Waals surface area contributed by atoms with Gasteiger partial charge in [-0.15, -0.1) is 0 Å². The van der Waals surface area contributed by atoms with Crippen LogP contribution in [0.5, 0.6) is 0 Å². The van der Waals surface area contributed by atoms with E-state index < -0.39 is 0 Å². The van der Waals surface area contributed by atoms with Gasteiger partial charge in [0.15, 0.2) is 0 Å². The Morgan fingerprint density at radius 3 is 2.45 bits per heavy atom. The van der Waals surface area contributed by atoms with Gasteiger partial charge in [0.2, 0.25) is 0 Å². The van der Waals surface area contributed by atoms with Gasteiger partial charge in [-0.2, -0.15) is 0 Å². The Labute approximate surface area is 70.8 Å². The predicted molar refractivity (Wildman–Crippen MR) is 49.3 cm³/mol. The number of aliphatic hydroxyl groups is 1. The van der Waals surface area contributed by atoms with E-state index in [1.807, 2.05) is 6.42 Å². The van der Waals surface area contributed by atoms with Gasteiger partial charge in [-0.05, 0) is 24.7 Å². The Balaban J connectivity index is 3.43. The van der Waals surface area contributed by atoms with Gasteiger partial charge < -0.3 is 5.11 Å². The third-order valence-electron chi connectivity index (χ3n) is 2.03. The van der Waals surface area contributed by atoms with Crippen LogP contribution in [0.15, 0.2) is 0 Å². The van der Waals surface area contributed by atoms with Crippen LogP contribution >= 0.6 is 0 Å². The molecule has 1 N–H and O–H groups in total. The first kappa shape index (κ1) is 11.0. The molecule has 0 spiro atoms. The number of unbranched alkanes of at least 4 members (excludes halogenated alkanes) is 1. The van der Waals surface area contributed by atoms with E-state index in [0.717, 1.165) is 6.42 Å². The summed E-state index contributed by atoms with van der Waals surface area (Å²) in [4.78, 5) is 0. The first-order chi connectivity index (χ1) is 5.12. The fraction of sp³-hybridized carbons (Fsp3) is 0.900. The Kier molecular flexibility index (Phi) is 5.57. The lowest BCUT2D eigenvalue weighted by Crippen LogP contribution is -2.11. The first-order valence-electron chi connectivity index (χ1n) is 4.55. The molecule has 0 saturated carbocycles. The molecule has 0 aromatic rings. The van der Waals surface area contributed by atoms with Crippen LogP contribution in [0.2, 0.25) is 0 Å². The lowest BCUT2D eigenvalue weighted by atomic mass is 9.83. The molecule has 0 aliphatic heterocycles. The van der Waals surface area contributed by atoms with E-state index in [4.69, 9.17) is 5.11 Å². The average molecular weight is 157 g/mol. The minimum absolute atomic E-state index is 0.218. The molecule has 0 aromatic carbocycles. The summed E-state index contributed by atoms with van der Waals surface area (Å²) < 4.78 is 0. The van der Waals surface area contributed by atoms with E-state index in [2.05, 4.69) is 20.8 Å². The summed E-state index contributed by atoms with van der Waals surface area (Å²) in [6, 6.07) is 0. The normalized spacial score (nSPS) is 12.0. The molecule has 0 rings (SSSR count). The first-order valence-corrected chi connectivity index (χ1v) is 4.55. The highest BCUT2D eigenvalue weighted by Crippen LogP contribution is 2.28. The fourth-order valence-corrected chi connectivity index (χ4v) is 1.21. The van der Waals surface area contributed by atoms with Crippen LogP contribution in [0.1, 0.15) is 46.5 Å². The molecule has 0 aliphatic rings. The number of hydrogen-bond acceptors (Lipinski definition) is 1. The van der Waals surface area contributed by atoms with Crippen molar-refractivity contribution in [2.24, 2.45) is 5.41 Å². The summed E-state index contributed by atoms with van der Waals surface area (Å²) in [5, 5.41) is 8.60. The third kappa shape index (κ3) is 6.36. The van der Waals surface area contributed by atoms with Gasteiger partial charge in [-0.25, -0.2) is 0 Å². The van der Waals surface area contributed by atoms with E-state index in [1.54, 1.807) is 0 Å². The Hall–Kier alpha value is -0.0400. The molecular formula is C10H21O. The van der Waals surface area contributed by atoms with Gasteiger partial charge in [0.25, 0.3) is 0 Å². The molecule has 0 amide bonds. The lowest BCUT2D eigenvalue weighted by molar-refractivity contribution is 0.275. The molecule has 0 unspecified atom stereocenters. The standard InChI is InChI=1S/C10H21O/c1-4-5-7-10(2,3)8-6-9-11/h6,11H,4-5,7-9H2,1-3H3. The molecule has 1 nitrogen and oxygen atoms in total. The van der Waals surface area contributed by atoms with E-state index in [9.17, 15) is 0 Å². The SMILES string of the molecule is CCCCC(C)(C)C[CH]CO. The van der Waals surface area contributed by atoms with Crippen molar-refractivity contribution in [3.63, 3.8) is 0 Å². The van der Waals surface area contributed by atoms with Gasteiger partial charge in [-0.3, -0.25) is 0 Å². The predicted octanol–water partition coefficient (Wildman–Crippen LogP) is 2.79. The molecule has 0 aliphatic carbocycles. The van der Waals surface area contributed by atoms with E-state index >= 15 is 0 Å². The topological polar surface area (TPSA) is 20.2 Å². The monoisotopic (exact) mass is 157 g/mol. The van der Waals surface area contributed by atoms with Gasteiger partial charge in [-0.1, -0.05) is 33.6 Å². The number of hydrogen-bond donors (Lipinski definition) is 1. The molecule has 0 bridgehead atoms. The van der Waals surface area contributed by atoms with Crippen molar-refractivity contribution in [1.82, 2.24) is 0 Å². The molecule has 11 heavy (non-hydrogen) atoms. The molecule has 67 valence electrons. The van der Waals surface area contributed by atoms with Crippen LogP contribution in [-0.2, 0) is 0 Å². The molecule has 0 atom stereocenters. The van der Waals surface area contributed by atoms with E-state index in [1.165, 1.54) is 19.3 Å². The highest BCUT2D eigenvalue weighted by atomic mass is 16.2. The van der Waals surface area contributed by atoms with Crippen molar-refractivity contribution in [3.8, 4) is 0 Å². The van der Waals surface area contributed by atoms with E-state index in [-0.39, 0.29) is 6.61 Å². The minimum atomic E-state index is 0.218. The summed E-state index contributed by atoms with van der Waals surface area (Å²) in [6.07, 6.45) is 6.81. The zero-order valence-electron chi connectivity index (χ0n) is 8.06.